The lowest BCUT2D eigenvalue weighted by atomic mass is 10.0. The van der Waals surface area contributed by atoms with Crippen LogP contribution >= 0.6 is 0 Å². The van der Waals surface area contributed by atoms with E-state index in [1.54, 1.807) is 6.20 Å². The molecule has 0 atom stereocenters. The Bertz CT molecular complexity index is 699. The average Bonchev–Trinajstić information content (AvgIpc) is 2.81. The number of carbonyl (C=O) groups is 1. The molecule has 0 saturated carbocycles. The summed E-state index contributed by atoms with van der Waals surface area (Å²) in [5.41, 5.74) is 4.75. The molecule has 21 heavy (non-hydrogen) atoms. The van der Waals surface area contributed by atoms with E-state index in [1.165, 1.54) is 5.56 Å². The van der Waals surface area contributed by atoms with Crippen LogP contribution in [0.3, 0.4) is 0 Å². The van der Waals surface area contributed by atoms with Crippen molar-refractivity contribution < 1.29 is 4.79 Å². The lowest BCUT2D eigenvalue weighted by Gasteiger charge is -2.07. The number of hydrogen-bond donors (Lipinski definition) is 2. The molecule has 106 valence electrons. The molecule has 3 heteroatoms. The SMILES string of the molecule is CC(C)c1ccc(N/C=C2\C(=O)Nc3ccccc32)cc1. The molecule has 1 heterocycles. The average molecular weight is 278 g/mol. The Balaban J connectivity index is 1.81. The van der Waals surface area contributed by atoms with E-state index >= 15 is 0 Å². The van der Waals surface area contributed by atoms with Crippen molar-refractivity contribution in [1.82, 2.24) is 0 Å². The highest BCUT2D eigenvalue weighted by molar-refractivity contribution is 6.31. The van der Waals surface area contributed by atoms with Crippen LogP contribution in [0.5, 0.6) is 0 Å². The van der Waals surface area contributed by atoms with Crippen LogP contribution in [0.15, 0.2) is 54.7 Å². The van der Waals surface area contributed by atoms with Crippen LogP contribution in [0, 0.1) is 0 Å². The molecule has 0 unspecified atom stereocenters. The maximum Gasteiger partial charge on any atom is 0.257 e. The number of carbonyl (C=O) groups excluding carboxylic acids is 1. The number of benzene rings is 2. The Morgan fingerprint density at radius 2 is 1.76 bits per heavy atom. The van der Waals surface area contributed by atoms with Crippen LogP contribution in [0.2, 0.25) is 0 Å². The van der Waals surface area contributed by atoms with E-state index in [9.17, 15) is 4.79 Å². The molecule has 1 aliphatic heterocycles. The third kappa shape index (κ3) is 2.68. The highest BCUT2D eigenvalue weighted by atomic mass is 16.2. The number of para-hydroxylation sites is 1. The summed E-state index contributed by atoms with van der Waals surface area (Å²) in [5, 5.41) is 6.06. The van der Waals surface area contributed by atoms with Gasteiger partial charge in [0, 0.05) is 23.1 Å². The minimum absolute atomic E-state index is 0.0671. The predicted molar refractivity (Wildman–Crippen MR) is 87.2 cm³/mol. The van der Waals surface area contributed by atoms with Gasteiger partial charge >= 0.3 is 0 Å². The summed E-state index contributed by atoms with van der Waals surface area (Å²) >= 11 is 0. The van der Waals surface area contributed by atoms with E-state index in [2.05, 4.69) is 36.6 Å². The van der Waals surface area contributed by atoms with E-state index in [0.717, 1.165) is 16.9 Å². The lowest BCUT2D eigenvalue weighted by molar-refractivity contribution is -0.110. The fraction of sp³-hybridized carbons (Fsp3) is 0.167. The second-order valence-corrected chi connectivity index (χ2v) is 5.48. The van der Waals surface area contributed by atoms with Gasteiger partial charge in [0.25, 0.3) is 5.91 Å². The first-order chi connectivity index (χ1) is 10.1. The number of anilines is 2. The molecule has 3 nitrogen and oxygen atoms in total. The zero-order valence-corrected chi connectivity index (χ0v) is 12.2. The number of rotatable bonds is 3. The molecule has 1 amide bonds. The van der Waals surface area contributed by atoms with Gasteiger partial charge in [-0.05, 0) is 29.7 Å². The van der Waals surface area contributed by atoms with Crippen molar-refractivity contribution in [2.75, 3.05) is 10.6 Å². The third-order valence-corrected chi connectivity index (χ3v) is 3.67. The minimum Gasteiger partial charge on any atom is -0.361 e. The number of fused-ring (bicyclic) bond motifs is 1. The Morgan fingerprint density at radius 3 is 2.48 bits per heavy atom. The molecule has 0 aromatic heterocycles. The second kappa shape index (κ2) is 5.44. The Hall–Kier alpha value is -2.55. The smallest absolute Gasteiger partial charge is 0.257 e. The van der Waals surface area contributed by atoms with Crippen molar-refractivity contribution in [2.45, 2.75) is 19.8 Å². The molecule has 0 spiro atoms. The van der Waals surface area contributed by atoms with Crippen molar-refractivity contribution in [2.24, 2.45) is 0 Å². The van der Waals surface area contributed by atoms with Crippen molar-refractivity contribution in [3.63, 3.8) is 0 Å². The van der Waals surface area contributed by atoms with Gasteiger partial charge in [-0.2, -0.15) is 0 Å². The molecule has 0 fully saturated rings. The second-order valence-electron chi connectivity index (χ2n) is 5.48. The Kier molecular flexibility index (Phi) is 3.48. The van der Waals surface area contributed by atoms with E-state index in [4.69, 9.17) is 0 Å². The van der Waals surface area contributed by atoms with Gasteiger partial charge in [0.05, 0.1) is 5.57 Å². The van der Waals surface area contributed by atoms with E-state index < -0.39 is 0 Å². The summed E-state index contributed by atoms with van der Waals surface area (Å²) in [6.45, 7) is 4.34. The maximum absolute atomic E-state index is 12.0. The number of hydrogen-bond acceptors (Lipinski definition) is 2. The quantitative estimate of drug-likeness (QED) is 0.825. The molecule has 3 rings (SSSR count). The molecule has 2 aromatic carbocycles. The largest absolute Gasteiger partial charge is 0.361 e. The van der Waals surface area contributed by atoms with E-state index in [0.29, 0.717) is 11.5 Å². The van der Waals surface area contributed by atoms with Crippen LogP contribution in [-0.4, -0.2) is 5.91 Å². The monoisotopic (exact) mass is 278 g/mol. The van der Waals surface area contributed by atoms with Crippen molar-refractivity contribution in [3.05, 3.63) is 65.9 Å². The topological polar surface area (TPSA) is 41.1 Å². The van der Waals surface area contributed by atoms with Gasteiger partial charge in [-0.15, -0.1) is 0 Å². The number of amides is 1. The summed E-state index contributed by atoms with van der Waals surface area (Å²) in [7, 11) is 0. The highest BCUT2D eigenvalue weighted by Crippen LogP contribution is 2.31. The zero-order chi connectivity index (χ0) is 14.8. The summed E-state index contributed by atoms with van der Waals surface area (Å²) < 4.78 is 0. The fourth-order valence-corrected chi connectivity index (χ4v) is 2.40. The van der Waals surface area contributed by atoms with Crippen molar-refractivity contribution in [3.8, 4) is 0 Å². The molecule has 0 saturated heterocycles. The lowest BCUT2D eigenvalue weighted by Crippen LogP contribution is -2.05. The van der Waals surface area contributed by atoms with Crippen LogP contribution < -0.4 is 10.6 Å². The van der Waals surface area contributed by atoms with Gasteiger partial charge in [-0.3, -0.25) is 4.79 Å². The summed E-state index contributed by atoms with van der Waals surface area (Å²) in [6.07, 6.45) is 1.77. The number of nitrogens with one attached hydrogen (secondary N) is 2. The molecule has 2 N–H and O–H groups in total. The minimum atomic E-state index is -0.0671. The first-order valence-corrected chi connectivity index (χ1v) is 7.12. The first kappa shape index (κ1) is 13.4. The van der Waals surface area contributed by atoms with Gasteiger partial charge in [-0.25, -0.2) is 0 Å². The van der Waals surface area contributed by atoms with Gasteiger partial charge in [0.15, 0.2) is 0 Å². The Labute approximate surface area is 124 Å². The maximum atomic E-state index is 12.0. The van der Waals surface area contributed by atoms with Gasteiger partial charge in [-0.1, -0.05) is 44.2 Å². The predicted octanol–water partition coefficient (Wildman–Crippen LogP) is 4.22. The Morgan fingerprint density at radius 1 is 1.05 bits per heavy atom. The molecule has 0 aliphatic carbocycles. The van der Waals surface area contributed by atoms with Crippen LogP contribution in [0.1, 0.15) is 30.9 Å². The summed E-state index contributed by atoms with van der Waals surface area (Å²) in [6, 6.07) is 16.0. The van der Waals surface area contributed by atoms with Gasteiger partial charge in [0.1, 0.15) is 0 Å². The van der Waals surface area contributed by atoms with Crippen LogP contribution in [-0.2, 0) is 4.79 Å². The van der Waals surface area contributed by atoms with Crippen LogP contribution in [0.4, 0.5) is 11.4 Å². The van der Waals surface area contributed by atoms with Crippen LogP contribution in [0.25, 0.3) is 5.57 Å². The molecular weight excluding hydrogens is 260 g/mol. The van der Waals surface area contributed by atoms with Gasteiger partial charge in [0.2, 0.25) is 0 Å². The molecular formula is C18H18N2O. The molecule has 0 bridgehead atoms. The summed E-state index contributed by atoms with van der Waals surface area (Å²) in [5.74, 6) is 0.451. The van der Waals surface area contributed by atoms with Crippen molar-refractivity contribution in [1.29, 1.82) is 0 Å². The molecule has 1 aliphatic rings. The van der Waals surface area contributed by atoms with Crippen molar-refractivity contribution >= 4 is 22.9 Å². The normalized spacial score (nSPS) is 15.2. The summed E-state index contributed by atoms with van der Waals surface area (Å²) in [4.78, 5) is 12.0. The van der Waals surface area contributed by atoms with Gasteiger partial charge < -0.3 is 10.6 Å². The molecule has 2 aromatic rings. The standard InChI is InChI=1S/C18H18N2O/c1-12(2)13-7-9-14(10-8-13)19-11-16-15-5-3-4-6-17(15)20-18(16)21/h3-12,19H,1-2H3,(H,20,21)/b16-11-. The third-order valence-electron chi connectivity index (χ3n) is 3.67. The molecule has 0 radical (unpaired) electrons. The van der Waals surface area contributed by atoms with E-state index in [1.807, 2.05) is 36.4 Å². The first-order valence-electron chi connectivity index (χ1n) is 7.12. The fourth-order valence-electron chi connectivity index (χ4n) is 2.40. The highest BCUT2D eigenvalue weighted by Gasteiger charge is 2.23. The van der Waals surface area contributed by atoms with E-state index in [-0.39, 0.29) is 5.91 Å². The zero-order valence-electron chi connectivity index (χ0n) is 12.2.